The molecule has 0 aliphatic heterocycles. The Hall–Kier alpha value is -1.63. The van der Waals surface area contributed by atoms with Crippen LogP contribution in [-0.2, 0) is 18.3 Å². The second-order valence-electron chi connectivity index (χ2n) is 7.72. The number of rotatable bonds is 10. The number of hydrogen-bond acceptors (Lipinski definition) is 4. The normalized spacial score (nSPS) is 20.7. The maximum atomic E-state index is 5.41. The van der Waals surface area contributed by atoms with Crippen LogP contribution in [0, 0.1) is 18.8 Å². The van der Waals surface area contributed by atoms with Crippen LogP contribution in [0.15, 0.2) is 4.99 Å². The Morgan fingerprint density at radius 1 is 1.26 bits per heavy atom. The van der Waals surface area contributed by atoms with E-state index in [0.29, 0.717) is 6.54 Å². The molecule has 1 saturated carbocycles. The first-order valence-electron chi connectivity index (χ1n) is 10.5. The summed E-state index contributed by atoms with van der Waals surface area (Å²) in [5.74, 6) is 4.38. The van der Waals surface area contributed by atoms with E-state index in [0.717, 1.165) is 62.2 Å². The minimum atomic E-state index is 0.526. The van der Waals surface area contributed by atoms with Gasteiger partial charge in [0.05, 0.1) is 0 Å². The first kappa shape index (κ1) is 21.7. The molecule has 27 heavy (non-hydrogen) atoms. The SMILES string of the molecule is CCOCCCNC(=NCc1nnc(C)n1C)NCCC1CCCC(C)C1. The number of guanidine groups is 1. The summed E-state index contributed by atoms with van der Waals surface area (Å²) in [6.45, 7) is 10.3. The number of ether oxygens (including phenoxy) is 1. The maximum Gasteiger partial charge on any atom is 0.191 e. The smallest absolute Gasteiger partial charge is 0.191 e. The molecule has 0 bridgehead atoms. The lowest BCUT2D eigenvalue weighted by Gasteiger charge is -2.26. The molecule has 0 amide bonds. The lowest BCUT2D eigenvalue weighted by Crippen LogP contribution is -2.39. The fourth-order valence-electron chi connectivity index (χ4n) is 3.65. The molecule has 0 aromatic carbocycles. The first-order chi connectivity index (χ1) is 13.1. The zero-order chi connectivity index (χ0) is 19.5. The van der Waals surface area contributed by atoms with Gasteiger partial charge >= 0.3 is 0 Å². The van der Waals surface area contributed by atoms with E-state index in [1.165, 1.54) is 32.1 Å². The fraction of sp³-hybridized carbons (Fsp3) is 0.850. The van der Waals surface area contributed by atoms with Gasteiger partial charge in [-0.25, -0.2) is 4.99 Å². The van der Waals surface area contributed by atoms with Crippen molar-refractivity contribution in [3.63, 3.8) is 0 Å². The summed E-state index contributed by atoms with van der Waals surface area (Å²) in [6.07, 6.45) is 7.71. The van der Waals surface area contributed by atoms with Gasteiger partial charge in [0.25, 0.3) is 0 Å². The van der Waals surface area contributed by atoms with Gasteiger partial charge in [-0.3, -0.25) is 0 Å². The van der Waals surface area contributed by atoms with Crippen molar-refractivity contribution in [2.45, 2.75) is 65.8 Å². The zero-order valence-electron chi connectivity index (χ0n) is 17.6. The topological polar surface area (TPSA) is 76.4 Å². The average Bonchev–Trinajstić information content (AvgIpc) is 2.97. The van der Waals surface area contributed by atoms with Crippen LogP contribution in [0.4, 0.5) is 0 Å². The predicted molar refractivity (Wildman–Crippen MR) is 110 cm³/mol. The van der Waals surface area contributed by atoms with E-state index in [1.807, 2.05) is 25.5 Å². The first-order valence-corrected chi connectivity index (χ1v) is 10.5. The number of aromatic nitrogens is 3. The van der Waals surface area contributed by atoms with Crippen molar-refractivity contribution >= 4 is 5.96 Å². The standard InChI is InChI=1S/C20H38N6O/c1-5-27-13-7-11-21-20(23-15-19-25-24-17(3)26(19)4)22-12-10-18-9-6-8-16(2)14-18/h16,18H,5-15H2,1-4H3,(H2,21,22,23). The highest BCUT2D eigenvalue weighted by molar-refractivity contribution is 5.79. The molecule has 2 atom stereocenters. The van der Waals surface area contributed by atoms with Crippen molar-refractivity contribution in [1.82, 2.24) is 25.4 Å². The summed E-state index contributed by atoms with van der Waals surface area (Å²) < 4.78 is 7.40. The van der Waals surface area contributed by atoms with Gasteiger partial charge in [-0.2, -0.15) is 0 Å². The van der Waals surface area contributed by atoms with Crippen molar-refractivity contribution in [3.8, 4) is 0 Å². The third-order valence-electron chi connectivity index (χ3n) is 5.41. The molecule has 0 spiro atoms. The summed E-state index contributed by atoms with van der Waals surface area (Å²) in [6, 6.07) is 0. The highest BCUT2D eigenvalue weighted by Gasteiger charge is 2.18. The molecule has 1 aliphatic rings. The van der Waals surface area contributed by atoms with Crippen LogP contribution in [0.2, 0.25) is 0 Å². The van der Waals surface area contributed by atoms with E-state index in [2.05, 4.69) is 27.8 Å². The van der Waals surface area contributed by atoms with Gasteiger partial charge in [0, 0.05) is 33.4 Å². The van der Waals surface area contributed by atoms with Crippen LogP contribution in [0.3, 0.4) is 0 Å². The van der Waals surface area contributed by atoms with E-state index >= 15 is 0 Å². The molecule has 154 valence electrons. The third-order valence-corrected chi connectivity index (χ3v) is 5.41. The summed E-state index contributed by atoms with van der Waals surface area (Å²) in [5.41, 5.74) is 0. The number of aliphatic imine (C=N–C) groups is 1. The molecule has 1 fully saturated rings. The van der Waals surface area contributed by atoms with E-state index in [1.54, 1.807) is 0 Å². The van der Waals surface area contributed by atoms with Crippen molar-refractivity contribution < 1.29 is 4.74 Å². The molecule has 1 aromatic heterocycles. The van der Waals surface area contributed by atoms with Gasteiger partial charge in [-0.05, 0) is 44.9 Å². The molecule has 0 saturated heterocycles. The molecule has 7 nitrogen and oxygen atoms in total. The molecule has 7 heteroatoms. The lowest BCUT2D eigenvalue weighted by atomic mass is 9.81. The predicted octanol–water partition coefficient (Wildman–Crippen LogP) is 2.80. The highest BCUT2D eigenvalue weighted by Crippen LogP contribution is 2.30. The van der Waals surface area contributed by atoms with Crippen LogP contribution in [0.25, 0.3) is 0 Å². The molecule has 1 heterocycles. The van der Waals surface area contributed by atoms with Gasteiger partial charge in [-0.15, -0.1) is 10.2 Å². The Morgan fingerprint density at radius 2 is 2.07 bits per heavy atom. The molecule has 2 N–H and O–H groups in total. The maximum absolute atomic E-state index is 5.41. The quantitative estimate of drug-likeness (QED) is 0.372. The monoisotopic (exact) mass is 378 g/mol. The Morgan fingerprint density at radius 3 is 2.78 bits per heavy atom. The fourth-order valence-corrected chi connectivity index (χ4v) is 3.65. The summed E-state index contributed by atoms with van der Waals surface area (Å²) in [5, 5.41) is 15.2. The van der Waals surface area contributed by atoms with E-state index in [4.69, 9.17) is 9.73 Å². The van der Waals surface area contributed by atoms with Gasteiger partial charge in [0.1, 0.15) is 12.4 Å². The number of nitrogens with one attached hydrogen (secondary N) is 2. The van der Waals surface area contributed by atoms with Gasteiger partial charge in [-0.1, -0.05) is 26.2 Å². The number of nitrogens with zero attached hydrogens (tertiary/aromatic N) is 4. The van der Waals surface area contributed by atoms with Crippen LogP contribution in [0.1, 0.15) is 64.0 Å². The summed E-state index contributed by atoms with van der Waals surface area (Å²) in [7, 11) is 1.98. The molecular formula is C20H38N6O. The van der Waals surface area contributed by atoms with Gasteiger partial charge in [0.2, 0.25) is 0 Å². The van der Waals surface area contributed by atoms with Crippen LogP contribution < -0.4 is 10.6 Å². The number of aryl methyl sites for hydroxylation is 1. The molecule has 2 rings (SSSR count). The third kappa shape index (κ3) is 7.87. The van der Waals surface area contributed by atoms with Crippen molar-refractivity contribution in [2.24, 2.45) is 23.9 Å². The zero-order valence-corrected chi connectivity index (χ0v) is 17.6. The van der Waals surface area contributed by atoms with Gasteiger partial charge in [0.15, 0.2) is 11.8 Å². The summed E-state index contributed by atoms with van der Waals surface area (Å²) >= 11 is 0. The summed E-state index contributed by atoms with van der Waals surface area (Å²) in [4.78, 5) is 4.71. The second kappa shape index (κ2) is 12.0. The van der Waals surface area contributed by atoms with E-state index in [9.17, 15) is 0 Å². The Bertz CT molecular complexity index is 571. The van der Waals surface area contributed by atoms with Crippen LogP contribution in [-0.4, -0.2) is 47.0 Å². The molecule has 1 aliphatic carbocycles. The number of hydrogen-bond donors (Lipinski definition) is 2. The minimum Gasteiger partial charge on any atom is -0.382 e. The van der Waals surface area contributed by atoms with E-state index in [-0.39, 0.29) is 0 Å². The Kier molecular flexibility index (Phi) is 9.59. The average molecular weight is 379 g/mol. The van der Waals surface area contributed by atoms with Crippen LogP contribution >= 0.6 is 0 Å². The molecule has 0 radical (unpaired) electrons. The van der Waals surface area contributed by atoms with E-state index < -0.39 is 0 Å². The second-order valence-corrected chi connectivity index (χ2v) is 7.72. The highest BCUT2D eigenvalue weighted by atomic mass is 16.5. The molecular weight excluding hydrogens is 340 g/mol. The van der Waals surface area contributed by atoms with Crippen LogP contribution in [0.5, 0.6) is 0 Å². The molecule has 2 unspecified atom stereocenters. The lowest BCUT2D eigenvalue weighted by molar-refractivity contribution is 0.145. The minimum absolute atomic E-state index is 0.526. The van der Waals surface area contributed by atoms with Crippen molar-refractivity contribution in [3.05, 3.63) is 11.6 Å². The van der Waals surface area contributed by atoms with Crippen molar-refractivity contribution in [1.29, 1.82) is 0 Å². The Labute approximate surface area is 164 Å². The largest absolute Gasteiger partial charge is 0.382 e. The van der Waals surface area contributed by atoms with Gasteiger partial charge < -0.3 is 19.9 Å². The Balaban J connectivity index is 1.82. The van der Waals surface area contributed by atoms with Crippen molar-refractivity contribution in [2.75, 3.05) is 26.3 Å². The molecule has 1 aromatic rings.